The number of carbonyl (C=O) groups excluding carboxylic acids is 2. The predicted molar refractivity (Wildman–Crippen MR) is 81.0 cm³/mol. The minimum atomic E-state index is -0.0887. The van der Waals surface area contributed by atoms with Gasteiger partial charge in [0.15, 0.2) is 0 Å². The van der Waals surface area contributed by atoms with Crippen LogP contribution in [0, 0.1) is 0 Å². The van der Waals surface area contributed by atoms with E-state index in [9.17, 15) is 9.59 Å². The van der Waals surface area contributed by atoms with Crippen molar-refractivity contribution in [2.45, 2.75) is 24.3 Å². The van der Waals surface area contributed by atoms with Crippen molar-refractivity contribution in [1.29, 1.82) is 0 Å². The van der Waals surface area contributed by atoms with Crippen molar-refractivity contribution >= 4 is 29.3 Å². The first-order valence-electron chi connectivity index (χ1n) is 6.57. The monoisotopic (exact) mass is 293 g/mol. The molecule has 1 aliphatic heterocycles. The van der Waals surface area contributed by atoms with Gasteiger partial charge in [-0.3, -0.25) is 9.59 Å². The Labute approximate surface area is 122 Å². The largest absolute Gasteiger partial charge is 0.338 e. The summed E-state index contributed by atoms with van der Waals surface area (Å²) in [6, 6.07) is 5.41. The molecular formula is C14H19N3O2S. The molecule has 1 unspecified atom stereocenters. The lowest BCUT2D eigenvalue weighted by Crippen LogP contribution is -2.39. The second kappa shape index (κ2) is 6.28. The van der Waals surface area contributed by atoms with E-state index in [1.165, 1.54) is 0 Å². The molecule has 0 aromatic heterocycles. The molecule has 2 rings (SSSR count). The molecule has 0 spiro atoms. The van der Waals surface area contributed by atoms with Gasteiger partial charge < -0.3 is 16.0 Å². The molecule has 1 atom stereocenters. The van der Waals surface area contributed by atoms with Gasteiger partial charge in [0.25, 0.3) is 5.91 Å². The van der Waals surface area contributed by atoms with Crippen LogP contribution in [0.1, 0.15) is 23.7 Å². The number of rotatable bonds is 3. The number of hydrogen-bond donors (Lipinski definition) is 2. The van der Waals surface area contributed by atoms with E-state index in [4.69, 9.17) is 5.73 Å². The number of carbonyl (C=O) groups is 2. The Bertz CT molecular complexity index is 533. The van der Waals surface area contributed by atoms with Crippen LogP contribution in [-0.4, -0.2) is 42.1 Å². The molecule has 1 heterocycles. The highest BCUT2D eigenvalue weighted by atomic mass is 32.2. The SMILES string of the molecule is CC(CN)N(C)C(=O)c1ccc2c(c1)NC(=O)CCS2. The molecule has 2 amide bonds. The summed E-state index contributed by atoms with van der Waals surface area (Å²) >= 11 is 1.62. The van der Waals surface area contributed by atoms with Crippen LogP contribution in [0.15, 0.2) is 23.1 Å². The van der Waals surface area contributed by atoms with Gasteiger partial charge in [0, 0.05) is 42.3 Å². The van der Waals surface area contributed by atoms with Crippen molar-refractivity contribution < 1.29 is 9.59 Å². The van der Waals surface area contributed by atoms with Gasteiger partial charge in [0.05, 0.1) is 5.69 Å². The summed E-state index contributed by atoms with van der Waals surface area (Å²) in [7, 11) is 1.73. The fourth-order valence-corrected chi connectivity index (χ4v) is 2.85. The summed E-state index contributed by atoms with van der Waals surface area (Å²) < 4.78 is 0. The Morgan fingerprint density at radius 3 is 3.00 bits per heavy atom. The van der Waals surface area contributed by atoms with Crippen LogP contribution >= 0.6 is 11.8 Å². The van der Waals surface area contributed by atoms with E-state index in [2.05, 4.69) is 5.32 Å². The molecular weight excluding hydrogens is 274 g/mol. The second-order valence-corrected chi connectivity index (χ2v) is 6.00. The van der Waals surface area contributed by atoms with Crippen molar-refractivity contribution in [3.05, 3.63) is 23.8 Å². The van der Waals surface area contributed by atoms with Crippen LogP contribution in [0.2, 0.25) is 0 Å². The minimum absolute atomic E-state index is 0.00969. The zero-order valence-electron chi connectivity index (χ0n) is 11.7. The molecule has 5 nitrogen and oxygen atoms in total. The average molecular weight is 293 g/mol. The van der Waals surface area contributed by atoms with Gasteiger partial charge in [-0.25, -0.2) is 0 Å². The van der Waals surface area contributed by atoms with E-state index in [-0.39, 0.29) is 17.9 Å². The number of fused-ring (bicyclic) bond motifs is 1. The molecule has 0 fully saturated rings. The molecule has 0 saturated carbocycles. The summed E-state index contributed by atoms with van der Waals surface area (Å²) in [4.78, 5) is 26.5. The normalized spacial score (nSPS) is 15.8. The highest BCUT2D eigenvalue weighted by Crippen LogP contribution is 2.31. The third-order valence-corrected chi connectivity index (χ3v) is 4.49. The lowest BCUT2D eigenvalue weighted by Gasteiger charge is -2.24. The van der Waals surface area contributed by atoms with Crippen molar-refractivity contribution in [2.75, 3.05) is 24.7 Å². The first-order valence-corrected chi connectivity index (χ1v) is 7.55. The number of nitrogens with one attached hydrogen (secondary N) is 1. The van der Waals surface area contributed by atoms with Gasteiger partial charge in [0.2, 0.25) is 5.91 Å². The third-order valence-electron chi connectivity index (χ3n) is 3.41. The zero-order valence-corrected chi connectivity index (χ0v) is 12.5. The van der Waals surface area contributed by atoms with Crippen LogP contribution in [-0.2, 0) is 4.79 Å². The van der Waals surface area contributed by atoms with Crippen LogP contribution in [0.3, 0.4) is 0 Å². The quantitative estimate of drug-likeness (QED) is 0.886. The molecule has 1 aliphatic rings. The number of thioether (sulfide) groups is 1. The van der Waals surface area contributed by atoms with E-state index >= 15 is 0 Å². The Morgan fingerprint density at radius 2 is 2.30 bits per heavy atom. The molecule has 0 aliphatic carbocycles. The maximum Gasteiger partial charge on any atom is 0.253 e. The number of nitrogens with two attached hydrogens (primary N) is 1. The Hall–Kier alpha value is -1.53. The molecule has 1 aromatic carbocycles. The lowest BCUT2D eigenvalue weighted by molar-refractivity contribution is -0.115. The van der Waals surface area contributed by atoms with Gasteiger partial charge >= 0.3 is 0 Å². The number of benzene rings is 1. The standard InChI is InChI=1S/C14H19N3O2S/c1-9(8-15)17(2)14(19)10-3-4-12-11(7-10)16-13(18)5-6-20-12/h3-4,7,9H,5-6,8,15H2,1-2H3,(H,16,18). The number of nitrogens with zero attached hydrogens (tertiary/aromatic N) is 1. The van der Waals surface area contributed by atoms with Gasteiger partial charge in [0.1, 0.15) is 0 Å². The van der Waals surface area contributed by atoms with Crippen molar-refractivity contribution in [1.82, 2.24) is 4.90 Å². The van der Waals surface area contributed by atoms with Gasteiger partial charge in [-0.05, 0) is 25.1 Å². The van der Waals surface area contributed by atoms with Crippen molar-refractivity contribution in [3.63, 3.8) is 0 Å². The Kier molecular flexibility index (Phi) is 4.67. The highest BCUT2D eigenvalue weighted by molar-refractivity contribution is 7.99. The Morgan fingerprint density at radius 1 is 1.55 bits per heavy atom. The topological polar surface area (TPSA) is 75.4 Å². The third kappa shape index (κ3) is 3.13. The molecule has 20 heavy (non-hydrogen) atoms. The molecule has 0 saturated heterocycles. The van der Waals surface area contributed by atoms with E-state index in [1.54, 1.807) is 35.8 Å². The Balaban J connectivity index is 2.26. The van der Waals surface area contributed by atoms with Gasteiger partial charge in [-0.15, -0.1) is 11.8 Å². The lowest BCUT2D eigenvalue weighted by atomic mass is 10.1. The predicted octanol–water partition coefficient (Wildman–Crippen LogP) is 1.54. The van der Waals surface area contributed by atoms with E-state index in [1.807, 2.05) is 13.0 Å². The summed E-state index contributed by atoms with van der Waals surface area (Å²) in [5.41, 5.74) is 6.87. The van der Waals surface area contributed by atoms with Crippen LogP contribution < -0.4 is 11.1 Å². The molecule has 108 valence electrons. The fourth-order valence-electron chi connectivity index (χ4n) is 1.91. The maximum absolute atomic E-state index is 12.3. The summed E-state index contributed by atoms with van der Waals surface area (Å²) in [5.74, 6) is 0.662. The van der Waals surface area contributed by atoms with Crippen molar-refractivity contribution in [2.24, 2.45) is 5.73 Å². The van der Waals surface area contributed by atoms with Gasteiger partial charge in [-0.1, -0.05) is 0 Å². The first-order chi connectivity index (χ1) is 9.52. The van der Waals surface area contributed by atoms with E-state index < -0.39 is 0 Å². The zero-order chi connectivity index (χ0) is 14.7. The van der Waals surface area contributed by atoms with Gasteiger partial charge in [-0.2, -0.15) is 0 Å². The molecule has 3 N–H and O–H groups in total. The average Bonchev–Trinajstić information content (AvgIpc) is 2.64. The summed E-state index contributed by atoms with van der Waals surface area (Å²) in [5, 5.41) is 2.84. The maximum atomic E-state index is 12.3. The number of hydrogen-bond acceptors (Lipinski definition) is 4. The minimum Gasteiger partial charge on any atom is -0.338 e. The molecule has 0 bridgehead atoms. The molecule has 6 heteroatoms. The van der Waals surface area contributed by atoms with E-state index in [0.717, 1.165) is 16.3 Å². The highest BCUT2D eigenvalue weighted by Gasteiger charge is 2.19. The van der Waals surface area contributed by atoms with Crippen molar-refractivity contribution in [3.8, 4) is 0 Å². The number of anilines is 1. The number of likely N-dealkylation sites (N-methyl/N-ethyl adjacent to an activating group) is 1. The summed E-state index contributed by atoms with van der Waals surface area (Å²) in [6.07, 6.45) is 0.493. The second-order valence-electron chi connectivity index (χ2n) is 4.86. The summed E-state index contributed by atoms with van der Waals surface area (Å²) in [6.45, 7) is 2.32. The van der Waals surface area contributed by atoms with Crippen LogP contribution in [0.4, 0.5) is 5.69 Å². The first kappa shape index (κ1) is 14.9. The smallest absolute Gasteiger partial charge is 0.253 e. The number of amides is 2. The van der Waals surface area contributed by atoms with Crippen LogP contribution in [0.5, 0.6) is 0 Å². The fraction of sp³-hybridized carbons (Fsp3) is 0.429. The van der Waals surface area contributed by atoms with E-state index in [0.29, 0.717) is 18.5 Å². The molecule has 1 aromatic rings. The molecule has 0 radical (unpaired) electrons. The van der Waals surface area contributed by atoms with Crippen LogP contribution in [0.25, 0.3) is 0 Å².